The number of ether oxygens (including phenoxy) is 1. The number of thioether (sulfide) groups is 1. The van der Waals surface area contributed by atoms with Gasteiger partial charge in [-0.1, -0.05) is 48.0 Å². The van der Waals surface area contributed by atoms with Crippen molar-refractivity contribution in [2.24, 2.45) is 0 Å². The highest BCUT2D eigenvalue weighted by atomic mass is 35.5. The number of imide groups is 1. The van der Waals surface area contributed by atoms with Crippen LogP contribution in [0, 0.1) is 5.82 Å². The topological polar surface area (TPSA) is 46.6 Å². The molecule has 0 aromatic heterocycles. The number of amides is 2. The third-order valence-corrected chi connectivity index (χ3v) is 5.76. The number of halogens is 2. The molecule has 31 heavy (non-hydrogen) atoms. The van der Waals surface area contributed by atoms with Crippen molar-refractivity contribution in [1.82, 2.24) is 4.90 Å². The first-order chi connectivity index (χ1) is 15.0. The highest BCUT2D eigenvalue weighted by molar-refractivity contribution is 8.18. The second-order valence-electron chi connectivity index (χ2n) is 6.88. The molecule has 156 valence electrons. The van der Waals surface area contributed by atoms with Crippen molar-refractivity contribution < 1.29 is 18.7 Å². The predicted octanol–water partition coefficient (Wildman–Crippen LogP) is 6.29. The molecule has 1 aliphatic rings. The average Bonchev–Trinajstić information content (AvgIpc) is 3.02. The van der Waals surface area contributed by atoms with Crippen LogP contribution >= 0.6 is 23.4 Å². The summed E-state index contributed by atoms with van der Waals surface area (Å²) in [5.74, 6) is -0.0861. The number of carbonyl (C=O) groups is 2. The van der Waals surface area contributed by atoms with Crippen molar-refractivity contribution in [3.63, 3.8) is 0 Å². The van der Waals surface area contributed by atoms with Gasteiger partial charge in [0.1, 0.15) is 18.2 Å². The van der Waals surface area contributed by atoms with Crippen molar-refractivity contribution in [3.8, 4) is 5.75 Å². The molecule has 0 atom stereocenters. The SMILES string of the molecule is O=C1S/C(=C/c2cccc(OCc3ccc(Cl)cc3)c2)C(=O)N1Cc1ccc(F)cc1. The van der Waals surface area contributed by atoms with Gasteiger partial charge in [0.2, 0.25) is 0 Å². The third-order valence-electron chi connectivity index (χ3n) is 4.60. The number of rotatable bonds is 6. The van der Waals surface area contributed by atoms with Crippen LogP contribution in [0.4, 0.5) is 9.18 Å². The maximum atomic E-state index is 13.1. The lowest BCUT2D eigenvalue weighted by molar-refractivity contribution is -0.123. The first-order valence-corrected chi connectivity index (χ1v) is 10.6. The summed E-state index contributed by atoms with van der Waals surface area (Å²) in [4.78, 5) is 26.5. The molecule has 4 nitrogen and oxygen atoms in total. The second kappa shape index (κ2) is 9.37. The molecule has 0 unspecified atom stereocenters. The van der Waals surface area contributed by atoms with Crippen LogP contribution < -0.4 is 4.74 Å². The Bertz CT molecular complexity index is 1150. The predicted molar refractivity (Wildman–Crippen MR) is 120 cm³/mol. The summed E-state index contributed by atoms with van der Waals surface area (Å²) in [6.07, 6.45) is 1.67. The van der Waals surface area contributed by atoms with Gasteiger partial charge in [-0.05, 0) is 70.9 Å². The van der Waals surface area contributed by atoms with E-state index in [-0.39, 0.29) is 23.5 Å². The van der Waals surface area contributed by atoms with Crippen molar-refractivity contribution in [2.75, 3.05) is 0 Å². The minimum absolute atomic E-state index is 0.104. The van der Waals surface area contributed by atoms with Gasteiger partial charge in [-0.25, -0.2) is 4.39 Å². The maximum absolute atomic E-state index is 13.1. The van der Waals surface area contributed by atoms with Gasteiger partial charge in [0, 0.05) is 5.02 Å². The fourth-order valence-corrected chi connectivity index (χ4v) is 3.97. The molecular formula is C24H17ClFNO3S. The van der Waals surface area contributed by atoms with Gasteiger partial charge in [-0.15, -0.1) is 0 Å². The van der Waals surface area contributed by atoms with Crippen molar-refractivity contribution >= 4 is 40.6 Å². The molecule has 0 radical (unpaired) electrons. The molecule has 0 aliphatic carbocycles. The van der Waals surface area contributed by atoms with E-state index in [2.05, 4.69) is 0 Å². The lowest BCUT2D eigenvalue weighted by Gasteiger charge is -2.12. The van der Waals surface area contributed by atoms with Gasteiger partial charge >= 0.3 is 0 Å². The van der Waals surface area contributed by atoms with E-state index in [4.69, 9.17) is 16.3 Å². The molecular weight excluding hydrogens is 437 g/mol. The Labute approximate surface area is 188 Å². The molecule has 3 aromatic carbocycles. The summed E-state index contributed by atoms with van der Waals surface area (Å²) in [6.45, 7) is 0.487. The summed E-state index contributed by atoms with van der Waals surface area (Å²) in [5, 5.41) is 0.315. The van der Waals surface area contributed by atoms with Crippen LogP contribution in [0.25, 0.3) is 6.08 Å². The Morgan fingerprint density at radius 2 is 1.68 bits per heavy atom. The van der Waals surface area contributed by atoms with Gasteiger partial charge in [0.05, 0.1) is 11.4 Å². The fraction of sp³-hybridized carbons (Fsp3) is 0.0833. The van der Waals surface area contributed by atoms with Crippen LogP contribution in [0.5, 0.6) is 5.75 Å². The number of carbonyl (C=O) groups excluding carboxylic acids is 2. The van der Waals surface area contributed by atoms with E-state index >= 15 is 0 Å². The lowest BCUT2D eigenvalue weighted by atomic mass is 10.2. The Morgan fingerprint density at radius 1 is 0.968 bits per heavy atom. The zero-order valence-electron chi connectivity index (χ0n) is 16.3. The Balaban J connectivity index is 1.44. The van der Waals surface area contributed by atoms with Crippen LogP contribution in [0.15, 0.2) is 77.7 Å². The number of hydrogen-bond acceptors (Lipinski definition) is 4. The Hall–Kier alpha value is -3.09. The first-order valence-electron chi connectivity index (χ1n) is 9.45. The highest BCUT2D eigenvalue weighted by Crippen LogP contribution is 2.33. The number of hydrogen-bond donors (Lipinski definition) is 0. The van der Waals surface area contributed by atoms with Crippen LogP contribution in [0.2, 0.25) is 5.02 Å². The molecule has 7 heteroatoms. The summed E-state index contributed by atoms with van der Waals surface area (Å²) in [6, 6.07) is 20.4. The maximum Gasteiger partial charge on any atom is 0.293 e. The first kappa shape index (κ1) is 21.2. The smallest absolute Gasteiger partial charge is 0.293 e. The normalized spacial score (nSPS) is 15.0. The lowest BCUT2D eigenvalue weighted by Crippen LogP contribution is -2.27. The minimum Gasteiger partial charge on any atom is -0.489 e. The second-order valence-corrected chi connectivity index (χ2v) is 8.31. The molecule has 0 N–H and O–H groups in total. The number of benzene rings is 3. The largest absolute Gasteiger partial charge is 0.489 e. The van der Waals surface area contributed by atoms with E-state index in [1.807, 2.05) is 36.4 Å². The molecule has 1 fully saturated rings. The zero-order valence-corrected chi connectivity index (χ0v) is 17.8. The quantitative estimate of drug-likeness (QED) is 0.411. The highest BCUT2D eigenvalue weighted by Gasteiger charge is 2.34. The summed E-state index contributed by atoms with van der Waals surface area (Å²) >= 11 is 6.78. The van der Waals surface area contributed by atoms with Gasteiger partial charge < -0.3 is 4.74 Å². The van der Waals surface area contributed by atoms with Gasteiger partial charge in [0.25, 0.3) is 11.1 Å². The molecule has 0 bridgehead atoms. The molecule has 2 amide bonds. The molecule has 0 saturated carbocycles. The van der Waals surface area contributed by atoms with Gasteiger partial charge in [0.15, 0.2) is 0 Å². The zero-order chi connectivity index (χ0) is 21.8. The molecule has 1 saturated heterocycles. The van der Waals surface area contributed by atoms with E-state index in [9.17, 15) is 14.0 Å². The van der Waals surface area contributed by atoms with E-state index in [1.54, 1.807) is 30.3 Å². The van der Waals surface area contributed by atoms with Crippen LogP contribution in [0.3, 0.4) is 0 Å². The van der Waals surface area contributed by atoms with Gasteiger partial charge in [-0.2, -0.15) is 0 Å². The van der Waals surface area contributed by atoms with Crippen molar-refractivity contribution in [1.29, 1.82) is 0 Å². The molecule has 4 rings (SSSR count). The Kier molecular flexibility index (Phi) is 6.39. The molecule has 1 aliphatic heterocycles. The molecule has 1 heterocycles. The summed E-state index contributed by atoms with van der Waals surface area (Å²) in [5.41, 5.74) is 2.42. The van der Waals surface area contributed by atoms with Gasteiger partial charge in [-0.3, -0.25) is 14.5 Å². The van der Waals surface area contributed by atoms with Crippen LogP contribution in [-0.4, -0.2) is 16.0 Å². The summed E-state index contributed by atoms with van der Waals surface area (Å²) in [7, 11) is 0. The van der Waals surface area contributed by atoms with E-state index < -0.39 is 0 Å². The monoisotopic (exact) mass is 453 g/mol. The standard InChI is InChI=1S/C24H17ClFNO3S/c25-19-8-4-17(5-9-19)15-30-21-3-1-2-18(12-21)13-22-23(28)27(24(29)31-22)14-16-6-10-20(26)11-7-16/h1-13H,14-15H2/b22-13+. The minimum atomic E-state index is -0.369. The van der Waals surface area contributed by atoms with E-state index in [1.165, 1.54) is 12.1 Å². The van der Waals surface area contributed by atoms with Crippen molar-refractivity contribution in [2.45, 2.75) is 13.2 Å². The number of nitrogens with zero attached hydrogens (tertiary/aromatic N) is 1. The Morgan fingerprint density at radius 3 is 2.42 bits per heavy atom. The van der Waals surface area contributed by atoms with Crippen molar-refractivity contribution in [3.05, 3.63) is 105 Å². The molecule has 0 spiro atoms. The summed E-state index contributed by atoms with van der Waals surface area (Å²) < 4.78 is 18.9. The molecule has 3 aromatic rings. The van der Waals surface area contributed by atoms with Crippen LogP contribution in [0.1, 0.15) is 16.7 Å². The average molecular weight is 454 g/mol. The van der Waals surface area contributed by atoms with E-state index in [0.29, 0.717) is 27.8 Å². The third kappa shape index (κ3) is 5.34. The van der Waals surface area contributed by atoms with Crippen LogP contribution in [-0.2, 0) is 17.9 Å². The van der Waals surface area contributed by atoms with E-state index in [0.717, 1.165) is 27.8 Å². The fourth-order valence-electron chi connectivity index (χ4n) is 3.00.